The second-order valence-corrected chi connectivity index (χ2v) is 4.50. The molecule has 1 fully saturated rings. The third-order valence-corrected chi connectivity index (χ3v) is 3.38. The summed E-state index contributed by atoms with van der Waals surface area (Å²) in [5.41, 5.74) is 7.21. The summed E-state index contributed by atoms with van der Waals surface area (Å²) in [6, 6.07) is 8.73. The Balaban J connectivity index is 2.07. The van der Waals surface area contributed by atoms with E-state index in [1.54, 1.807) is 0 Å². The Kier molecular flexibility index (Phi) is 4.40. The van der Waals surface area contributed by atoms with Crippen molar-refractivity contribution >= 4 is 0 Å². The zero-order valence-corrected chi connectivity index (χ0v) is 10.6. The summed E-state index contributed by atoms with van der Waals surface area (Å²) in [6.45, 7) is 5.75. The molecule has 0 bridgehead atoms. The Labute approximate surface area is 104 Å². The summed E-state index contributed by atoms with van der Waals surface area (Å²) in [7, 11) is 0. The quantitative estimate of drug-likeness (QED) is 0.848. The van der Waals surface area contributed by atoms with Crippen molar-refractivity contribution in [3.8, 4) is 5.75 Å². The van der Waals surface area contributed by atoms with Crippen molar-refractivity contribution in [1.29, 1.82) is 0 Å². The fraction of sp³-hybridized carbons (Fsp3) is 0.571. The summed E-state index contributed by atoms with van der Waals surface area (Å²) >= 11 is 0. The molecule has 0 radical (unpaired) electrons. The Morgan fingerprint density at radius 2 is 1.88 bits per heavy atom. The van der Waals surface area contributed by atoms with Gasteiger partial charge in [0.15, 0.2) is 0 Å². The number of nitrogens with two attached hydrogens (primary N) is 1. The molecule has 0 saturated carbocycles. The third kappa shape index (κ3) is 2.99. The standard InChI is InChI=1S/C14H22N2O/c1-2-17-13-7-5-12(6-8-13)14(11-15)16-9-3-4-10-16/h5-8,14H,2-4,9-11,15H2,1H3/t14-/m0/s1. The lowest BCUT2D eigenvalue weighted by Gasteiger charge is -2.26. The number of rotatable bonds is 5. The number of benzene rings is 1. The highest BCUT2D eigenvalue weighted by atomic mass is 16.5. The maximum Gasteiger partial charge on any atom is 0.119 e. The van der Waals surface area contributed by atoms with Crippen LogP contribution in [0, 0.1) is 0 Å². The highest BCUT2D eigenvalue weighted by Crippen LogP contribution is 2.25. The molecule has 94 valence electrons. The number of ether oxygens (including phenoxy) is 1. The average molecular weight is 234 g/mol. The first-order valence-electron chi connectivity index (χ1n) is 6.52. The van der Waals surface area contributed by atoms with Crippen LogP contribution in [0.3, 0.4) is 0 Å². The molecule has 3 nitrogen and oxygen atoms in total. The van der Waals surface area contributed by atoms with Gasteiger partial charge in [0.1, 0.15) is 5.75 Å². The molecule has 2 rings (SSSR count). The van der Waals surface area contributed by atoms with Gasteiger partial charge >= 0.3 is 0 Å². The van der Waals surface area contributed by atoms with E-state index in [2.05, 4.69) is 17.0 Å². The molecule has 0 unspecified atom stereocenters. The zero-order valence-electron chi connectivity index (χ0n) is 10.6. The molecule has 1 aromatic rings. The van der Waals surface area contributed by atoms with Gasteiger partial charge in [0, 0.05) is 12.6 Å². The average Bonchev–Trinajstić information content (AvgIpc) is 2.86. The molecule has 17 heavy (non-hydrogen) atoms. The lowest BCUT2D eigenvalue weighted by molar-refractivity contribution is 0.251. The van der Waals surface area contributed by atoms with Crippen LogP contribution in [0.15, 0.2) is 24.3 Å². The van der Waals surface area contributed by atoms with E-state index in [9.17, 15) is 0 Å². The van der Waals surface area contributed by atoms with Gasteiger partial charge < -0.3 is 10.5 Å². The Hall–Kier alpha value is -1.06. The van der Waals surface area contributed by atoms with Crippen molar-refractivity contribution in [2.45, 2.75) is 25.8 Å². The molecule has 0 aromatic heterocycles. The summed E-state index contributed by atoms with van der Waals surface area (Å²) in [6.07, 6.45) is 2.60. The minimum absolute atomic E-state index is 0.369. The van der Waals surface area contributed by atoms with Gasteiger partial charge in [-0.3, -0.25) is 4.90 Å². The van der Waals surface area contributed by atoms with Gasteiger partial charge in [-0.25, -0.2) is 0 Å². The maximum atomic E-state index is 5.91. The third-order valence-electron chi connectivity index (χ3n) is 3.38. The number of likely N-dealkylation sites (tertiary alicyclic amines) is 1. The fourth-order valence-electron chi connectivity index (χ4n) is 2.50. The normalized spacial score (nSPS) is 18.2. The monoisotopic (exact) mass is 234 g/mol. The van der Waals surface area contributed by atoms with Gasteiger partial charge in [0.2, 0.25) is 0 Å². The largest absolute Gasteiger partial charge is 0.494 e. The fourth-order valence-corrected chi connectivity index (χ4v) is 2.50. The van der Waals surface area contributed by atoms with Crippen LogP contribution in [-0.2, 0) is 0 Å². The minimum Gasteiger partial charge on any atom is -0.494 e. The molecule has 1 atom stereocenters. The van der Waals surface area contributed by atoms with Gasteiger partial charge in [-0.1, -0.05) is 12.1 Å². The predicted octanol–water partition coefficient (Wildman–Crippen LogP) is 2.18. The lowest BCUT2D eigenvalue weighted by Crippen LogP contribution is -2.31. The summed E-state index contributed by atoms with van der Waals surface area (Å²) < 4.78 is 5.45. The molecular formula is C14H22N2O. The van der Waals surface area contributed by atoms with Crippen LogP contribution in [0.25, 0.3) is 0 Å². The van der Waals surface area contributed by atoms with E-state index < -0.39 is 0 Å². The van der Waals surface area contributed by atoms with Crippen LogP contribution < -0.4 is 10.5 Å². The number of nitrogens with zero attached hydrogens (tertiary/aromatic N) is 1. The van der Waals surface area contributed by atoms with E-state index >= 15 is 0 Å². The van der Waals surface area contributed by atoms with Gasteiger partial charge in [-0.2, -0.15) is 0 Å². The smallest absolute Gasteiger partial charge is 0.119 e. The zero-order chi connectivity index (χ0) is 12.1. The van der Waals surface area contributed by atoms with Crippen LogP contribution in [0.1, 0.15) is 31.4 Å². The Morgan fingerprint density at radius 3 is 2.41 bits per heavy atom. The minimum atomic E-state index is 0.369. The van der Waals surface area contributed by atoms with Gasteiger partial charge in [-0.15, -0.1) is 0 Å². The van der Waals surface area contributed by atoms with Crippen LogP contribution in [0.2, 0.25) is 0 Å². The van der Waals surface area contributed by atoms with Crippen molar-refractivity contribution in [2.75, 3.05) is 26.2 Å². The molecule has 2 N–H and O–H groups in total. The van der Waals surface area contributed by atoms with Crippen LogP contribution in [0.4, 0.5) is 0 Å². The van der Waals surface area contributed by atoms with Crippen LogP contribution in [-0.4, -0.2) is 31.1 Å². The molecule has 1 heterocycles. The lowest BCUT2D eigenvalue weighted by atomic mass is 10.1. The highest BCUT2D eigenvalue weighted by Gasteiger charge is 2.21. The van der Waals surface area contributed by atoms with Crippen LogP contribution >= 0.6 is 0 Å². The van der Waals surface area contributed by atoms with Gasteiger partial charge in [0.05, 0.1) is 6.61 Å². The van der Waals surface area contributed by atoms with E-state index in [0.29, 0.717) is 19.2 Å². The molecule has 0 amide bonds. The van der Waals surface area contributed by atoms with Crippen molar-refractivity contribution in [3.05, 3.63) is 29.8 Å². The van der Waals surface area contributed by atoms with Gasteiger partial charge in [-0.05, 0) is 50.6 Å². The van der Waals surface area contributed by atoms with Crippen molar-refractivity contribution in [1.82, 2.24) is 4.90 Å². The van der Waals surface area contributed by atoms with Crippen molar-refractivity contribution in [2.24, 2.45) is 5.73 Å². The first kappa shape index (κ1) is 12.4. The molecule has 0 aliphatic carbocycles. The molecule has 1 aliphatic heterocycles. The number of hydrogen-bond donors (Lipinski definition) is 1. The summed E-state index contributed by atoms with van der Waals surface area (Å²) in [4.78, 5) is 2.48. The second kappa shape index (κ2) is 6.03. The SMILES string of the molecule is CCOc1ccc([C@H](CN)N2CCCC2)cc1. The summed E-state index contributed by atoms with van der Waals surface area (Å²) in [5.74, 6) is 0.938. The molecule has 0 spiro atoms. The molecular weight excluding hydrogens is 212 g/mol. The van der Waals surface area contributed by atoms with E-state index in [4.69, 9.17) is 10.5 Å². The maximum absolute atomic E-state index is 5.91. The first-order valence-corrected chi connectivity index (χ1v) is 6.52. The second-order valence-electron chi connectivity index (χ2n) is 4.50. The summed E-state index contributed by atoms with van der Waals surface area (Å²) in [5, 5.41) is 0. The molecule has 1 saturated heterocycles. The number of hydrogen-bond acceptors (Lipinski definition) is 3. The van der Waals surface area contributed by atoms with Crippen molar-refractivity contribution < 1.29 is 4.74 Å². The topological polar surface area (TPSA) is 38.5 Å². The van der Waals surface area contributed by atoms with E-state index in [1.165, 1.54) is 31.5 Å². The first-order chi connectivity index (χ1) is 8.35. The van der Waals surface area contributed by atoms with E-state index in [-0.39, 0.29) is 0 Å². The molecule has 1 aliphatic rings. The Morgan fingerprint density at radius 1 is 1.24 bits per heavy atom. The molecule has 1 aromatic carbocycles. The van der Waals surface area contributed by atoms with Gasteiger partial charge in [0.25, 0.3) is 0 Å². The van der Waals surface area contributed by atoms with E-state index in [1.807, 2.05) is 19.1 Å². The van der Waals surface area contributed by atoms with E-state index in [0.717, 1.165) is 5.75 Å². The predicted molar refractivity (Wildman–Crippen MR) is 70.2 cm³/mol. The van der Waals surface area contributed by atoms with Crippen LogP contribution in [0.5, 0.6) is 5.75 Å². The Bertz CT molecular complexity index is 331. The highest BCUT2D eigenvalue weighted by molar-refractivity contribution is 5.29. The molecule has 3 heteroatoms. The van der Waals surface area contributed by atoms with Crippen molar-refractivity contribution in [3.63, 3.8) is 0 Å².